The zero-order chi connectivity index (χ0) is 15.5. The number of carbonyl (C=O) groups is 1. The minimum atomic E-state index is -3.80. The van der Waals surface area contributed by atoms with Gasteiger partial charge in [-0.25, -0.2) is 17.9 Å². The molecule has 0 amide bonds. The van der Waals surface area contributed by atoms with Gasteiger partial charge in [0.05, 0.1) is 36.4 Å². The molecule has 1 aliphatic rings. The first kappa shape index (κ1) is 16.4. The lowest BCUT2D eigenvalue weighted by atomic mass is 10.2. The van der Waals surface area contributed by atoms with E-state index in [1.165, 1.54) is 12.1 Å². The Morgan fingerprint density at radius 3 is 2.81 bits per heavy atom. The Balaban J connectivity index is 2.11. The molecule has 1 atom stereocenters. The number of aromatic carboxylic acids is 1. The summed E-state index contributed by atoms with van der Waals surface area (Å²) in [5.41, 5.74) is -0.116. The molecule has 7 nitrogen and oxygen atoms in total. The summed E-state index contributed by atoms with van der Waals surface area (Å²) in [6.45, 7) is 1.32. The van der Waals surface area contributed by atoms with E-state index in [-0.39, 0.29) is 23.1 Å². The van der Waals surface area contributed by atoms with Gasteiger partial charge in [-0.05, 0) is 34.1 Å². The monoisotopic (exact) mass is 379 g/mol. The zero-order valence-electron chi connectivity index (χ0n) is 10.9. The number of carboxylic acids is 1. The van der Waals surface area contributed by atoms with Crippen LogP contribution in [0.4, 0.5) is 0 Å². The van der Waals surface area contributed by atoms with E-state index in [0.29, 0.717) is 24.3 Å². The van der Waals surface area contributed by atoms with Crippen molar-refractivity contribution in [2.75, 3.05) is 26.4 Å². The van der Waals surface area contributed by atoms with Gasteiger partial charge in [0.1, 0.15) is 0 Å². The van der Waals surface area contributed by atoms with Crippen molar-refractivity contribution >= 4 is 31.9 Å². The second kappa shape index (κ2) is 6.84. The molecule has 116 valence electrons. The van der Waals surface area contributed by atoms with Crippen molar-refractivity contribution in [1.29, 1.82) is 0 Å². The Morgan fingerprint density at radius 1 is 1.43 bits per heavy atom. The van der Waals surface area contributed by atoms with Crippen molar-refractivity contribution in [3.8, 4) is 0 Å². The fourth-order valence-electron chi connectivity index (χ4n) is 1.78. The summed E-state index contributed by atoms with van der Waals surface area (Å²) in [5, 5.41) is 9.01. The molecule has 1 aromatic carbocycles. The molecular formula is C12H14BrNO6S. The summed E-state index contributed by atoms with van der Waals surface area (Å²) in [5.74, 6) is -1.21. The summed E-state index contributed by atoms with van der Waals surface area (Å²) in [6, 6.07) is 3.82. The van der Waals surface area contributed by atoms with E-state index in [4.69, 9.17) is 14.6 Å². The first-order valence-corrected chi connectivity index (χ1v) is 8.39. The Kier molecular flexibility index (Phi) is 5.33. The summed E-state index contributed by atoms with van der Waals surface area (Å²) in [7, 11) is -3.80. The molecule has 2 rings (SSSR count). The number of carboxylic acid groups (broad SMARTS) is 1. The van der Waals surface area contributed by atoms with Gasteiger partial charge in [-0.2, -0.15) is 0 Å². The Bertz CT molecular complexity index is 627. The van der Waals surface area contributed by atoms with Gasteiger partial charge in [0.2, 0.25) is 10.0 Å². The number of nitrogens with one attached hydrogen (secondary N) is 1. The van der Waals surface area contributed by atoms with Crippen LogP contribution in [0.25, 0.3) is 0 Å². The van der Waals surface area contributed by atoms with E-state index in [1.807, 2.05) is 0 Å². The summed E-state index contributed by atoms with van der Waals surface area (Å²) >= 11 is 3.07. The number of benzene rings is 1. The van der Waals surface area contributed by atoms with Crippen LogP contribution in [0.5, 0.6) is 0 Å². The lowest BCUT2D eigenvalue weighted by molar-refractivity contribution is -0.0846. The SMILES string of the molecule is O=C(O)c1cc(S(=O)(=O)NCC2COCCO2)ccc1Br. The molecule has 9 heteroatoms. The highest BCUT2D eigenvalue weighted by molar-refractivity contribution is 9.10. The fourth-order valence-corrected chi connectivity index (χ4v) is 3.28. The topological polar surface area (TPSA) is 102 Å². The average Bonchev–Trinajstić information content (AvgIpc) is 2.46. The molecule has 0 spiro atoms. The molecule has 0 saturated carbocycles. The third-order valence-corrected chi connectivity index (χ3v) is 4.98. The largest absolute Gasteiger partial charge is 0.478 e. The van der Waals surface area contributed by atoms with Crippen LogP contribution >= 0.6 is 15.9 Å². The van der Waals surface area contributed by atoms with E-state index in [1.54, 1.807) is 0 Å². The van der Waals surface area contributed by atoms with Crippen molar-refractivity contribution < 1.29 is 27.8 Å². The maximum atomic E-state index is 12.1. The number of rotatable bonds is 5. The molecule has 1 saturated heterocycles. The molecule has 1 fully saturated rings. The quantitative estimate of drug-likeness (QED) is 0.785. The molecule has 1 aromatic rings. The standard InChI is InChI=1S/C12H14BrNO6S/c13-11-2-1-9(5-10(11)12(15)16)21(17,18)14-6-8-7-19-3-4-20-8/h1-2,5,8,14H,3-4,6-7H2,(H,15,16). The molecule has 21 heavy (non-hydrogen) atoms. The molecule has 0 radical (unpaired) electrons. The van der Waals surface area contributed by atoms with Gasteiger partial charge in [-0.1, -0.05) is 0 Å². The summed E-state index contributed by atoms with van der Waals surface area (Å²) in [6.07, 6.45) is -0.345. The van der Waals surface area contributed by atoms with Crippen LogP contribution in [0.3, 0.4) is 0 Å². The van der Waals surface area contributed by atoms with Gasteiger partial charge in [-0.15, -0.1) is 0 Å². The summed E-state index contributed by atoms with van der Waals surface area (Å²) in [4.78, 5) is 10.9. The predicted octanol–water partition coefficient (Wildman–Crippen LogP) is 0.841. The lowest BCUT2D eigenvalue weighted by Crippen LogP contribution is -2.39. The third kappa shape index (κ3) is 4.24. The molecule has 0 aliphatic carbocycles. The summed E-state index contributed by atoms with van der Waals surface area (Å²) < 4.78 is 37.5. The molecule has 0 aromatic heterocycles. The van der Waals surface area contributed by atoms with Gasteiger partial charge in [0, 0.05) is 11.0 Å². The molecule has 0 bridgehead atoms. The van der Waals surface area contributed by atoms with Crippen molar-refractivity contribution in [3.63, 3.8) is 0 Å². The highest BCUT2D eigenvalue weighted by atomic mass is 79.9. The highest BCUT2D eigenvalue weighted by Gasteiger charge is 2.21. The second-order valence-corrected chi connectivity index (χ2v) is 6.99. The van der Waals surface area contributed by atoms with E-state index in [0.717, 1.165) is 6.07 Å². The molecule has 2 N–H and O–H groups in total. The van der Waals surface area contributed by atoms with Crippen LogP contribution in [0.1, 0.15) is 10.4 Å². The van der Waals surface area contributed by atoms with Crippen LogP contribution in [0.15, 0.2) is 27.6 Å². The van der Waals surface area contributed by atoms with Crippen molar-refractivity contribution in [3.05, 3.63) is 28.2 Å². The number of hydrogen-bond acceptors (Lipinski definition) is 5. The number of sulfonamides is 1. The fraction of sp³-hybridized carbons (Fsp3) is 0.417. The van der Waals surface area contributed by atoms with E-state index in [2.05, 4.69) is 20.7 Å². The van der Waals surface area contributed by atoms with Crippen LogP contribution < -0.4 is 4.72 Å². The highest BCUT2D eigenvalue weighted by Crippen LogP contribution is 2.21. The second-order valence-electron chi connectivity index (χ2n) is 4.37. The normalized spacial score (nSPS) is 19.4. The number of ether oxygens (including phenoxy) is 2. The zero-order valence-corrected chi connectivity index (χ0v) is 13.3. The first-order valence-electron chi connectivity index (χ1n) is 6.12. The minimum Gasteiger partial charge on any atom is -0.478 e. The molecule has 1 aliphatic heterocycles. The Hall–Kier alpha value is -1.00. The van der Waals surface area contributed by atoms with E-state index >= 15 is 0 Å². The van der Waals surface area contributed by atoms with Crippen LogP contribution in [0, 0.1) is 0 Å². The number of hydrogen-bond donors (Lipinski definition) is 2. The van der Waals surface area contributed by atoms with Gasteiger partial charge in [0.25, 0.3) is 0 Å². The average molecular weight is 380 g/mol. The van der Waals surface area contributed by atoms with Crippen LogP contribution in [0.2, 0.25) is 0 Å². The molecule has 1 heterocycles. The smallest absolute Gasteiger partial charge is 0.336 e. The lowest BCUT2D eigenvalue weighted by Gasteiger charge is -2.23. The maximum absolute atomic E-state index is 12.1. The Labute approximate surface area is 130 Å². The minimum absolute atomic E-state index is 0.0702. The van der Waals surface area contributed by atoms with E-state index < -0.39 is 16.0 Å². The van der Waals surface area contributed by atoms with Crippen molar-refractivity contribution in [2.24, 2.45) is 0 Å². The van der Waals surface area contributed by atoms with Crippen LogP contribution in [-0.4, -0.2) is 52.0 Å². The number of halogens is 1. The maximum Gasteiger partial charge on any atom is 0.336 e. The van der Waals surface area contributed by atoms with Gasteiger partial charge >= 0.3 is 5.97 Å². The van der Waals surface area contributed by atoms with E-state index in [9.17, 15) is 13.2 Å². The molecular weight excluding hydrogens is 366 g/mol. The van der Waals surface area contributed by atoms with Crippen LogP contribution in [-0.2, 0) is 19.5 Å². The predicted molar refractivity (Wildman–Crippen MR) is 76.8 cm³/mol. The first-order chi connectivity index (χ1) is 9.90. The Morgan fingerprint density at radius 2 is 2.19 bits per heavy atom. The third-order valence-electron chi connectivity index (χ3n) is 2.86. The van der Waals surface area contributed by atoms with Crippen molar-refractivity contribution in [1.82, 2.24) is 4.72 Å². The van der Waals surface area contributed by atoms with Gasteiger partial charge in [-0.3, -0.25) is 0 Å². The molecule has 1 unspecified atom stereocenters. The van der Waals surface area contributed by atoms with Gasteiger partial charge < -0.3 is 14.6 Å². The van der Waals surface area contributed by atoms with Crippen molar-refractivity contribution in [2.45, 2.75) is 11.0 Å². The van der Waals surface area contributed by atoms with Gasteiger partial charge in [0.15, 0.2) is 0 Å².